The molecule has 3 rings (SSSR count). The van der Waals surface area contributed by atoms with E-state index in [4.69, 9.17) is 9.47 Å². The van der Waals surface area contributed by atoms with Crippen LogP contribution in [0.25, 0.3) is 0 Å². The third kappa shape index (κ3) is 8.96. The number of carbonyl (C=O) groups excluding carboxylic acids is 1. The van der Waals surface area contributed by atoms with E-state index in [0.29, 0.717) is 36.3 Å². The minimum atomic E-state index is -1.04. The number of amides is 1. The molecular formula is C33H42N2O6. The van der Waals surface area contributed by atoms with E-state index in [9.17, 15) is 19.5 Å². The second-order valence-electron chi connectivity index (χ2n) is 10.5. The molecule has 1 unspecified atom stereocenters. The first-order valence-corrected chi connectivity index (χ1v) is 14.3. The number of carboxylic acid groups (broad SMARTS) is 1. The zero-order valence-corrected chi connectivity index (χ0v) is 24.7. The zero-order chi connectivity index (χ0) is 29.9. The molecule has 2 aromatic carbocycles. The van der Waals surface area contributed by atoms with Gasteiger partial charge in [-0.15, -0.1) is 0 Å². The Morgan fingerprint density at radius 2 is 1.78 bits per heavy atom. The molecule has 1 heterocycles. The summed E-state index contributed by atoms with van der Waals surface area (Å²) in [6.07, 6.45) is 3.72. The van der Waals surface area contributed by atoms with Crippen molar-refractivity contribution in [2.75, 3.05) is 6.61 Å². The molecule has 220 valence electrons. The van der Waals surface area contributed by atoms with Crippen LogP contribution in [0.1, 0.15) is 87.7 Å². The van der Waals surface area contributed by atoms with E-state index in [-0.39, 0.29) is 18.1 Å². The van der Waals surface area contributed by atoms with Gasteiger partial charge in [-0.2, -0.15) is 0 Å². The van der Waals surface area contributed by atoms with Crippen molar-refractivity contribution in [3.63, 3.8) is 0 Å². The van der Waals surface area contributed by atoms with Crippen molar-refractivity contribution in [2.24, 2.45) is 0 Å². The smallest absolute Gasteiger partial charge is 0.305 e. The number of hydrogen-bond acceptors (Lipinski definition) is 5. The van der Waals surface area contributed by atoms with E-state index in [1.807, 2.05) is 65.0 Å². The minimum absolute atomic E-state index is 0.0564. The molecule has 0 aliphatic carbocycles. The van der Waals surface area contributed by atoms with Gasteiger partial charge in [-0.3, -0.25) is 14.4 Å². The van der Waals surface area contributed by atoms with Gasteiger partial charge in [0.1, 0.15) is 17.5 Å². The molecule has 1 aromatic heterocycles. The maximum Gasteiger partial charge on any atom is 0.305 e. The molecule has 0 spiro atoms. The highest BCUT2D eigenvalue weighted by Crippen LogP contribution is 2.26. The Morgan fingerprint density at radius 1 is 1.02 bits per heavy atom. The third-order valence-corrected chi connectivity index (χ3v) is 6.70. The van der Waals surface area contributed by atoms with Crippen LogP contribution in [0, 0.1) is 6.92 Å². The summed E-state index contributed by atoms with van der Waals surface area (Å²) in [5.41, 5.74) is 2.68. The van der Waals surface area contributed by atoms with E-state index in [1.165, 1.54) is 4.57 Å². The summed E-state index contributed by atoms with van der Waals surface area (Å²) in [5.74, 6) is -0.119. The Balaban J connectivity index is 1.98. The van der Waals surface area contributed by atoms with Crippen molar-refractivity contribution < 1.29 is 24.2 Å². The molecule has 8 heteroatoms. The van der Waals surface area contributed by atoms with Gasteiger partial charge in [-0.25, -0.2) is 0 Å². The van der Waals surface area contributed by atoms with Gasteiger partial charge in [0.25, 0.3) is 5.56 Å². The lowest BCUT2D eigenvalue weighted by Gasteiger charge is -2.25. The van der Waals surface area contributed by atoms with Gasteiger partial charge in [0, 0.05) is 18.2 Å². The highest BCUT2D eigenvalue weighted by atomic mass is 16.5. The Bertz CT molecular complexity index is 1380. The number of carbonyl (C=O) groups is 2. The van der Waals surface area contributed by atoms with E-state index in [2.05, 4.69) is 5.32 Å². The number of nitrogens with one attached hydrogen (secondary N) is 1. The SMILES string of the molecule is CCCCC(C(=O)N[C@@H](CC(=O)O)c1cccc(OC(C)C)c1)n1cc(C)cc(Cc2ccccc2OCC)c1=O. The van der Waals surface area contributed by atoms with Crippen molar-refractivity contribution in [1.29, 1.82) is 0 Å². The average molecular weight is 563 g/mol. The fourth-order valence-electron chi connectivity index (χ4n) is 4.89. The first-order chi connectivity index (χ1) is 19.6. The number of hydrogen-bond donors (Lipinski definition) is 2. The van der Waals surface area contributed by atoms with Gasteiger partial charge >= 0.3 is 5.97 Å². The Labute approximate surface area is 242 Å². The van der Waals surface area contributed by atoms with Crippen molar-refractivity contribution in [3.8, 4) is 11.5 Å². The highest BCUT2D eigenvalue weighted by Gasteiger charge is 2.27. The number of para-hydroxylation sites is 1. The molecule has 0 saturated heterocycles. The minimum Gasteiger partial charge on any atom is -0.494 e. The molecule has 8 nitrogen and oxygen atoms in total. The molecule has 0 radical (unpaired) electrons. The number of aliphatic carboxylic acids is 1. The Morgan fingerprint density at radius 3 is 2.46 bits per heavy atom. The van der Waals surface area contributed by atoms with Crippen molar-refractivity contribution >= 4 is 11.9 Å². The van der Waals surface area contributed by atoms with Crippen molar-refractivity contribution in [1.82, 2.24) is 9.88 Å². The third-order valence-electron chi connectivity index (χ3n) is 6.70. The molecule has 0 fully saturated rings. The standard InChI is InChI=1S/C33H42N2O6/c1-6-8-15-29(32(38)34-28(20-31(36)37)24-13-11-14-27(19-24)41-22(3)4)35-21-23(5)17-26(33(35)39)18-25-12-9-10-16-30(25)40-7-2/h9-14,16-17,19,21-22,28-29H,6-8,15,18,20H2,1-5H3,(H,34,38)(H,36,37)/t28-,29?/m0/s1. The number of rotatable bonds is 15. The predicted molar refractivity (Wildman–Crippen MR) is 160 cm³/mol. The van der Waals surface area contributed by atoms with Gasteiger partial charge in [0.2, 0.25) is 5.91 Å². The molecule has 41 heavy (non-hydrogen) atoms. The Kier molecular flexibility index (Phi) is 11.6. The van der Waals surface area contributed by atoms with Gasteiger partial charge in [0.05, 0.1) is 25.2 Å². The summed E-state index contributed by atoms with van der Waals surface area (Å²) in [4.78, 5) is 39.4. The van der Waals surface area contributed by atoms with E-state index >= 15 is 0 Å². The van der Waals surface area contributed by atoms with Gasteiger partial charge in [0.15, 0.2) is 0 Å². The molecule has 2 N–H and O–H groups in total. The fourth-order valence-corrected chi connectivity index (χ4v) is 4.89. The lowest BCUT2D eigenvalue weighted by Crippen LogP contribution is -2.40. The summed E-state index contributed by atoms with van der Waals surface area (Å²) in [6, 6.07) is 15.0. The number of pyridine rings is 1. The molecule has 0 saturated carbocycles. The molecule has 1 amide bonds. The van der Waals surface area contributed by atoms with Crippen LogP contribution in [0.2, 0.25) is 0 Å². The number of ether oxygens (including phenoxy) is 2. The van der Waals surface area contributed by atoms with Crippen LogP contribution < -0.4 is 20.3 Å². The van der Waals surface area contributed by atoms with Crippen LogP contribution in [0.3, 0.4) is 0 Å². The predicted octanol–water partition coefficient (Wildman–Crippen LogP) is 6.00. The monoisotopic (exact) mass is 562 g/mol. The topological polar surface area (TPSA) is 107 Å². The second-order valence-corrected chi connectivity index (χ2v) is 10.5. The molecule has 2 atom stereocenters. The van der Waals surface area contributed by atoms with Crippen LogP contribution in [0.15, 0.2) is 65.6 Å². The molecule has 3 aromatic rings. The van der Waals surface area contributed by atoms with Crippen molar-refractivity contribution in [2.45, 2.75) is 84.9 Å². The van der Waals surface area contributed by atoms with Gasteiger partial charge in [-0.1, -0.05) is 50.1 Å². The number of benzene rings is 2. The second kappa shape index (κ2) is 15.1. The van der Waals surface area contributed by atoms with Crippen LogP contribution in [0.4, 0.5) is 0 Å². The van der Waals surface area contributed by atoms with E-state index in [1.54, 1.807) is 30.5 Å². The lowest BCUT2D eigenvalue weighted by atomic mass is 10.0. The fraction of sp³-hybridized carbons (Fsp3) is 0.424. The number of nitrogens with zero attached hydrogens (tertiary/aromatic N) is 1. The quantitative estimate of drug-likeness (QED) is 0.235. The summed E-state index contributed by atoms with van der Waals surface area (Å²) in [6.45, 7) is 10.2. The molecular weight excluding hydrogens is 520 g/mol. The first-order valence-electron chi connectivity index (χ1n) is 14.3. The number of unbranched alkanes of at least 4 members (excludes halogenated alkanes) is 1. The summed E-state index contributed by atoms with van der Waals surface area (Å²) in [5, 5.41) is 12.6. The molecule has 0 aliphatic heterocycles. The highest BCUT2D eigenvalue weighted by molar-refractivity contribution is 5.81. The van der Waals surface area contributed by atoms with Crippen LogP contribution in [0.5, 0.6) is 11.5 Å². The molecule has 0 aliphatic rings. The first kappa shape index (κ1) is 31.5. The van der Waals surface area contributed by atoms with Gasteiger partial charge < -0.3 is 24.5 Å². The van der Waals surface area contributed by atoms with Crippen LogP contribution in [-0.4, -0.2) is 34.3 Å². The largest absolute Gasteiger partial charge is 0.494 e. The van der Waals surface area contributed by atoms with Crippen LogP contribution in [-0.2, 0) is 16.0 Å². The summed E-state index contributed by atoms with van der Waals surface area (Å²) < 4.78 is 13.1. The Hall–Kier alpha value is -4.07. The normalized spacial score (nSPS) is 12.5. The van der Waals surface area contributed by atoms with Gasteiger partial charge in [-0.05, 0) is 75.1 Å². The average Bonchev–Trinajstić information content (AvgIpc) is 2.91. The van der Waals surface area contributed by atoms with Crippen molar-refractivity contribution in [3.05, 3.63) is 93.4 Å². The maximum atomic E-state index is 13.8. The number of carboxylic acids is 1. The van der Waals surface area contributed by atoms with E-state index < -0.39 is 24.0 Å². The van der Waals surface area contributed by atoms with Crippen LogP contribution >= 0.6 is 0 Å². The molecule has 0 bridgehead atoms. The summed E-state index contributed by atoms with van der Waals surface area (Å²) >= 11 is 0. The number of aryl methyl sites for hydroxylation is 1. The maximum absolute atomic E-state index is 13.8. The summed E-state index contributed by atoms with van der Waals surface area (Å²) in [7, 11) is 0. The lowest BCUT2D eigenvalue weighted by molar-refractivity contribution is -0.138. The number of aromatic nitrogens is 1. The zero-order valence-electron chi connectivity index (χ0n) is 24.7. The van der Waals surface area contributed by atoms with E-state index in [0.717, 1.165) is 29.7 Å².